The van der Waals surface area contributed by atoms with Gasteiger partial charge < -0.3 is 0 Å². The quantitative estimate of drug-likeness (QED) is 0.848. The van der Waals surface area contributed by atoms with Gasteiger partial charge in [0.05, 0.1) is 5.69 Å². The van der Waals surface area contributed by atoms with Gasteiger partial charge in [-0.2, -0.15) is 0 Å². The largest absolute Gasteiger partial charge is 0.275 e. The molecule has 0 aliphatic carbocycles. The molecule has 0 bridgehead atoms. The average Bonchev–Trinajstić information content (AvgIpc) is 2.35. The third-order valence-electron chi connectivity index (χ3n) is 2.21. The van der Waals surface area contributed by atoms with E-state index < -0.39 is 15.8 Å². The molecule has 19 heavy (non-hydrogen) atoms. The van der Waals surface area contributed by atoms with Gasteiger partial charge >= 0.3 is 0 Å². The Morgan fingerprint density at radius 2 is 2.00 bits per heavy atom. The minimum absolute atomic E-state index is 0.105. The van der Waals surface area contributed by atoms with Crippen LogP contribution in [-0.2, 0) is 10.0 Å². The Kier molecular flexibility index (Phi) is 4.07. The van der Waals surface area contributed by atoms with Crippen molar-refractivity contribution in [2.24, 2.45) is 0 Å². The molecular weight excluding hydrogens is 359 g/mol. The second-order valence-corrected chi connectivity index (χ2v) is 6.44. The van der Waals surface area contributed by atoms with Crippen LogP contribution in [0.5, 0.6) is 0 Å². The summed E-state index contributed by atoms with van der Waals surface area (Å²) >= 11 is 8.66. The summed E-state index contributed by atoms with van der Waals surface area (Å²) in [6.45, 7) is 0. The summed E-state index contributed by atoms with van der Waals surface area (Å²) in [5, 5.41) is 0.172. The van der Waals surface area contributed by atoms with E-state index in [2.05, 4.69) is 25.6 Å². The number of nitrogens with one attached hydrogen (secondary N) is 1. The van der Waals surface area contributed by atoms with Gasteiger partial charge in [0.1, 0.15) is 15.9 Å². The topological polar surface area (TPSA) is 59.1 Å². The molecule has 0 aliphatic rings. The molecule has 0 fully saturated rings. The Hall–Kier alpha value is -1.18. The molecule has 1 heterocycles. The monoisotopic (exact) mass is 364 g/mol. The zero-order valence-electron chi connectivity index (χ0n) is 9.27. The average molecular weight is 366 g/mol. The van der Waals surface area contributed by atoms with Gasteiger partial charge in [0.2, 0.25) is 0 Å². The number of hydrogen-bond acceptors (Lipinski definition) is 3. The molecule has 0 amide bonds. The van der Waals surface area contributed by atoms with Crippen LogP contribution in [0.15, 0.2) is 45.9 Å². The summed E-state index contributed by atoms with van der Waals surface area (Å²) in [7, 11) is -3.92. The number of anilines is 1. The molecule has 0 saturated carbocycles. The summed E-state index contributed by atoms with van der Waals surface area (Å²) in [6, 6.07) is 6.77. The SMILES string of the molecule is O=S(=O)(Nc1c(F)cccc1Br)c1ccc(Cl)nc1. The molecule has 2 rings (SSSR count). The maximum absolute atomic E-state index is 13.6. The van der Waals surface area contributed by atoms with Crippen LogP contribution < -0.4 is 4.72 Å². The summed E-state index contributed by atoms with van der Waals surface area (Å²) in [5.41, 5.74) is -0.155. The number of hydrogen-bond donors (Lipinski definition) is 1. The molecule has 0 aliphatic heterocycles. The Bertz CT molecular complexity index is 687. The first-order chi connectivity index (χ1) is 8.90. The molecule has 8 heteroatoms. The Balaban J connectivity index is 2.39. The lowest BCUT2D eigenvalue weighted by Gasteiger charge is -2.10. The number of sulfonamides is 1. The maximum Gasteiger partial charge on any atom is 0.263 e. The van der Waals surface area contributed by atoms with Crippen molar-refractivity contribution < 1.29 is 12.8 Å². The van der Waals surface area contributed by atoms with Gasteiger partial charge in [-0.3, -0.25) is 4.72 Å². The van der Waals surface area contributed by atoms with Crippen molar-refractivity contribution in [3.8, 4) is 0 Å². The van der Waals surface area contributed by atoms with Crippen LogP contribution in [0.4, 0.5) is 10.1 Å². The van der Waals surface area contributed by atoms with Crippen molar-refractivity contribution in [2.75, 3.05) is 4.72 Å². The third-order valence-corrected chi connectivity index (χ3v) is 4.43. The van der Waals surface area contributed by atoms with E-state index in [1.165, 1.54) is 24.3 Å². The first-order valence-electron chi connectivity index (χ1n) is 4.98. The zero-order valence-corrected chi connectivity index (χ0v) is 12.4. The maximum atomic E-state index is 13.6. The first-order valence-corrected chi connectivity index (χ1v) is 7.64. The van der Waals surface area contributed by atoms with Crippen molar-refractivity contribution in [3.05, 3.63) is 52.0 Å². The van der Waals surface area contributed by atoms with Crippen molar-refractivity contribution in [2.45, 2.75) is 4.90 Å². The van der Waals surface area contributed by atoms with Gasteiger partial charge in [-0.05, 0) is 40.2 Å². The van der Waals surface area contributed by atoms with E-state index in [0.717, 1.165) is 12.3 Å². The molecule has 0 atom stereocenters. The van der Waals surface area contributed by atoms with Gasteiger partial charge in [0.15, 0.2) is 0 Å². The van der Waals surface area contributed by atoms with E-state index >= 15 is 0 Å². The van der Waals surface area contributed by atoms with Crippen LogP contribution in [-0.4, -0.2) is 13.4 Å². The van der Waals surface area contributed by atoms with Gasteiger partial charge in [-0.1, -0.05) is 17.7 Å². The molecule has 100 valence electrons. The minimum atomic E-state index is -3.92. The third kappa shape index (κ3) is 3.23. The Labute approximate surface area is 122 Å². The molecular formula is C11H7BrClFN2O2S. The van der Waals surface area contributed by atoms with Gasteiger partial charge in [0, 0.05) is 10.7 Å². The zero-order chi connectivity index (χ0) is 14.0. The predicted molar refractivity (Wildman–Crippen MR) is 74.2 cm³/mol. The van der Waals surface area contributed by atoms with Crippen molar-refractivity contribution >= 4 is 43.2 Å². The minimum Gasteiger partial charge on any atom is -0.275 e. The standard InChI is InChI=1S/C11H7BrClFN2O2S/c12-8-2-1-3-9(14)11(8)16-19(17,18)7-4-5-10(13)15-6-7/h1-6,16H. The van der Waals surface area contributed by atoms with E-state index in [-0.39, 0.29) is 15.7 Å². The first kappa shape index (κ1) is 14.2. The fraction of sp³-hybridized carbons (Fsp3) is 0. The Morgan fingerprint density at radius 3 is 2.58 bits per heavy atom. The molecule has 1 aromatic carbocycles. The lowest BCUT2D eigenvalue weighted by molar-refractivity contribution is 0.598. The normalized spacial score (nSPS) is 11.3. The lowest BCUT2D eigenvalue weighted by atomic mass is 10.3. The van der Waals surface area contributed by atoms with Crippen LogP contribution in [0.25, 0.3) is 0 Å². The number of benzene rings is 1. The highest BCUT2D eigenvalue weighted by atomic mass is 79.9. The number of halogens is 3. The van der Waals surface area contributed by atoms with Crippen LogP contribution >= 0.6 is 27.5 Å². The van der Waals surface area contributed by atoms with Gasteiger partial charge in [0.25, 0.3) is 10.0 Å². The van der Waals surface area contributed by atoms with Crippen LogP contribution in [0.2, 0.25) is 5.15 Å². The second kappa shape index (κ2) is 5.44. The van der Waals surface area contributed by atoms with Crippen LogP contribution in [0.3, 0.4) is 0 Å². The smallest absolute Gasteiger partial charge is 0.263 e. The fourth-order valence-electron chi connectivity index (χ4n) is 1.31. The van der Waals surface area contributed by atoms with Crippen molar-refractivity contribution in [3.63, 3.8) is 0 Å². The number of aromatic nitrogens is 1. The Morgan fingerprint density at radius 1 is 1.26 bits per heavy atom. The molecule has 0 saturated heterocycles. The molecule has 0 unspecified atom stereocenters. The number of nitrogens with zero attached hydrogens (tertiary/aromatic N) is 1. The van der Waals surface area contributed by atoms with Gasteiger partial charge in [-0.15, -0.1) is 0 Å². The van der Waals surface area contributed by atoms with E-state index in [1.807, 2.05) is 0 Å². The number of para-hydroxylation sites is 1. The predicted octanol–water partition coefficient (Wildman–Crippen LogP) is 3.44. The molecule has 0 spiro atoms. The van der Waals surface area contributed by atoms with Crippen molar-refractivity contribution in [1.29, 1.82) is 0 Å². The second-order valence-electron chi connectivity index (χ2n) is 3.52. The highest BCUT2D eigenvalue weighted by Crippen LogP contribution is 2.27. The van der Waals surface area contributed by atoms with Crippen molar-refractivity contribution in [1.82, 2.24) is 4.98 Å². The van der Waals surface area contributed by atoms with E-state index in [0.29, 0.717) is 4.47 Å². The summed E-state index contributed by atoms with van der Waals surface area (Å²) in [6.07, 6.45) is 1.10. The molecule has 0 radical (unpaired) electrons. The molecule has 4 nitrogen and oxygen atoms in total. The van der Waals surface area contributed by atoms with E-state index in [9.17, 15) is 12.8 Å². The number of pyridine rings is 1. The molecule has 1 N–H and O–H groups in total. The van der Waals surface area contributed by atoms with Gasteiger partial charge in [-0.25, -0.2) is 17.8 Å². The van der Waals surface area contributed by atoms with E-state index in [4.69, 9.17) is 11.6 Å². The fourth-order valence-corrected chi connectivity index (χ4v) is 3.03. The summed E-state index contributed by atoms with van der Waals surface area (Å²) in [5.74, 6) is -0.681. The number of rotatable bonds is 3. The highest BCUT2D eigenvalue weighted by molar-refractivity contribution is 9.10. The van der Waals surface area contributed by atoms with Crippen LogP contribution in [0.1, 0.15) is 0 Å². The molecule has 1 aromatic heterocycles. The van der Waals surface area contributed by atoms with Crippen LogP contribution in [0, 0.1) is 5.82 Å². The lowest BCUT2D eigenvalue weighted by Crippen LogP contribution is -2.14. The summed E-state index contributed by atoms with van der Waals surface area (Å²) in [4.78, 5) is 3.57. The van der Waals surface area contributed by atoms with E-state index in [1.54, 1.807) is 0 Å². The summed E-state index contributed by atoms with van der Waals surface area (Å²) < 4.78 is 40.1. The molecule has 2 aromatic rings. The highest BCUT2D eigenvalue weighted by Gasteiger charge is 2.18.